The van der Waals surface area contributed by atoms with Crippen LogP contribution in [-0.2, 0) is 0 Å². The Morgan fingerprint density at radius 2 is 1.15 bits per heavy atom. The smallest absolute Gasteiger partial charge is 1.00 e. The van der Waals surface area contributed by atoms with E-state index < -0.39 is 11.9 Å². The zero-order valence-corrected chi connectivity index (χ0v) is 15.7. The molecular weight excluding hydrogens is 402 g/mol. The minimum atomic E-state index is -1.03. The molecular formula is C14H12BaO4S. The van der Waals surface area contributed by atoms with E-state index >= 15 is 0 Å². The van der Waals surface area contributed by atoms with Crippen LogP contribution in [0.1, 0.15) is 23.6 Å². The Bertz CT molecular complexity index is 597. The van der Waals surface area contributed by atoms with E-state index in [1.807, 2.05) is 0 Å². The van der Waals surface area contributed by atoms with Crippen LogP contribution in [0.15, 0.2) is 58.3 Å². The first kappa shape index (κ1) is 17.4. The Labute approximate surface area is 163 Å². The van der Waals surface area contributed by atoms with Crippen molar-refractivity contribution in [2.45, 2.75) is 9.79 Å². The van der Waals surface area contributed by atoms with Crippen molar-refractivity contribution in [2.24, 2.45) is 0 Å². The topological polar surface area (TPSA) is 74.6 Å². The van der Waals surface area contributed by atoms with Crippen LogP contribution in [0.3, 0.4) is 0 Å². The number of benzene rings is 2. The van der Waals surface area contributed by atoms with E-state index in [4.69, 9.17) is 10.2 Å². The summed E-state index contributed by atoms with van der Waals surface area (Å²) >= 11 is 1.14. The minimum Gasteiger partial charge on any atom is -1.00 e. The van der Waals surface area contributed by atoms with Gasteiger partial charge in [0.05, 0.1) is 11.1 Å². The fourth-order valence-electron chi connectivity index (χ4n) is 1.58. The SMILES string of the molecule is O=C(O)c1ccccc1Sc1ccccc1C(=O)O.[Ba+2].[H-].[H-]. The van der Waals surface area contributed by atoms with Gasteiger partial charge in [-0.1, -0.05) is 36.0 Å². The maximum Gasteiger partial charge on any atom is 2.00 e. The number of hydrogen-bond acceptors (Lipinski definition) is 3. The third-order valence-electron chi connectivity index (χ3n) is 2.45. The predicted molar refractivity (Wildman–Crippen MR) is 78.9 cm³/mol. The first-order chi connectivity index (χ1) is 9.09. The van der Waals surface area contributed by atoms with Crippen LogP contribution in [0.2, 0.25) is 0 Å². The Hall–Kier alpha value is -0.699. The first-order valence-corrected chi connectivity index (χ1v) is 6.23. The molecule has 2 rings (SSSR count). The van der Waals surface area contributed by atoms with Gasteiger partial charge in [0.2, 0.25) is 0 Å². The molecule has 2 aromatic carbocycles. The van der Waals surface area contributed by atoms with Gasteiger partial charge >= 0.3 is 60.8 Å². The van der Waals surface area contributed by atoms with E-state index in [-0.39, 0.29) is 62.9 Å². The van der Waals surface area contributed by atoms with Gasteiger partial charge in [0.15, 0.2) is 0 Å². The number of hydrogen-bond donors (Lipinski definition) is 2. The third-order valence-corrected chi connectivity index (χ3v) is 3.61. The predicted octanol–water partition coefficient (Wildman–Crippen LogP) is 3.08. The molecule has 0 aliphatic heterocycles. The van der Waals surface area contributed by atoms with Crippen LogP contribution in [0.25, 0.3) is 0 Å². The van der Waals surface area contributed by atoms with Crippen LogP contribution < -0.4 is 0 Å². The van der Waals surface area contributed by atoms with Crippen molar-refractivity contribution < 1.29 is 22.7 Å². The monoisotopic (exact) mass is 414 g/mol. The molecule has 4 nitrogen and oxygen atoms in total. The molecule has 20 heavy (non-hydrogen) atoms. The van der Waals surface area contributed by atoms with Gasteiger partial charge in [-0.05, 0) is 24.3 Å². The summed E-state index contributed by atoms with van der Waals surface area (Å²) in [5.41, 5.74) is 0.320. The van der Waals surface area contributed by atoms with Gasteiger partial charge in [0.25, 0.3) is 0 Å². The molecule has 100 valence electrons. The second-order valence-corrected chi connectivity index (χ2v) is 4.79. The minimum absolute atomic E-state index is 0. The molecule has 0 aliphatic rings. The maximum atomic E-state index is 11.1. The molecule has 0 aromatic heterocycles. The molecule has 0 amide bonds. The summed E-state index contributed by atoms with van der Waals surface area (Å²) < 4.78 is 0. The van der Waals surface area contributed by atoms with Crippen molar-refractivity contribution in [3.63, 3.8) is 0 Å². The van der Waals surface area contributed by atoms with Crippen LogP contribution in [0.4, 0.5) is 0 Å². The fraction of sp³-hybridized carbons (Fsp3) is 0. The van der Waals surface area contributed by atoms with E-state index in [9.17, 15) is 9.59 Å². The summed E-state index contributed by atoms with van der Waals surface area (Å²) in [6.07, 6.45) is 0. The third kappa shape index (κ3) is 4.15. The molecule has 0 radical (unpaired) electrons. The van der Waals surface area contributed by atoms with E-state index in [1.54, 1.807) is 36.4 Å². The zero-order chi connectivity index (χ0) is 13.8. The molecule has 0 atom stereocenters. The van der Waals surface area contributed by atoms with Crippen molar-refractivity contribution in [1.29, 1.82) is 0 Å². The molecule has 0 bridgehead atoms. The average Bonchev–Trinajstić information content (AvgIpc) is 2.39. The molecule has 0 heterocycles. The largest absolute Gasteiger partial charge is 2.00 e. The fourth-order valence-corrected chi connectivity index (χ4v) is 2.64. The number of carboxylic acids is 2. The van der Waals surface area contributed by atoms with E-state index in [1.165, 1.54) is 12.1 Å². The molecule has 0 saturated carbocycles. The number of rotatable bonds is 4. The van der Waals surface area contributed by atoms with E-state index in [2.05, 4.69) is 0 Å². The summed E-state index contributed by atoms with van der Waals surface area (Å²) in [4.78, 5) is 23.2. The second-order valence-electron chi connectivity index (χ2n) is 3.70. The molecule has 0 spiro atoms. The number of aromatic carboxylic acids is 2. The summed E-state index contributed by atoms with van der Waals surface area (Å²) in [7, 11) is 0. The van der Waals surface area contributed by atoms with Crippen molar-refractivity contribution in [3.05, 3.63) is 59.7 Å². The van der Waals surface area contributed by atoms with E-state index in [0.717, 1.165) is 11.8 Å². The van der Waals surface area contributed by atoms with Crippen LogP contribution in [0.5, 0.6) is 0 Å². The van der Waals surface area contributed by atoms with Gasteiger partial charge in [-0.2, -0.15) is 0 Å². The molecule has 0 aliphatic carbocycles. The molecule has 2 aromatic rings. The summed E-state index contributed by atoms with van der Waals surface area (Å²) in [5.74, 6) is -2.06. The van der Waals surface area contributed by atoms with Gasteiger partial charge in [-0.25, -0.2) is 9.59 Å². The quantitative estimate of drug-likeness (QED) is 0.754. The molecule has 0 saturated heterocycles. The zero-order valence-electron chi connectivity index (χ0n) is 12.4. The van der Waals surface area contributed by atoms with Gasteiger partial charge in [-0.15, -0.1) is 0 Å². The van der Waals surface area contributed by atoms with Crippen molar-refractivity contribution in [1.82, 2.24) is 0 Å². The van der Waals surface area contributed by atoms with Crippen LogP contribution >= 0.6 is 11.8 Å². The summed E-state index contributed by atoms with van der Waals surface area (Å²) in [5, 5.41) is 18.2. The molecule has 2 N–H and O–H groups in total. The first-order valence-electron chi connectivity index (χ1n) is 5.42. The Morgan fingerprint density at radius 3 is 1.50 bits per heavy atom. The normalized spacial score (nSPS) is 9.60. The molecule has 6 heteroatoms. The number of carboxylic acid groups (broad SMARTS) is 2. The van der Waals surface area contributed by atoms with Gasteiger partial charge < -0.3 is 13.1 Å². The van der Waals surface area contributed by atoms with Crippen molar-refractivity contribution in [2.75, 3.05) is 0 Å². The Morgan fingerprint density at radius 1 is 0.800 bits per heavy atom. The number of carbonyl (C=O) groups is 2. The molecule has 0 unspecified atom stereocenters. The Balaban J connectivity index is 0. The summed E-state index contributed by atoms with van der Waals surface area (Å²) in [6, 6.07) is 13.0. The van der Waals surface area contributed by atoms with Crippen LogP contribution in [0, 0.1) is 0 Å². The van der Waals surface area contributed by atoms with Crippen molar-refractivity contribution in [3.8, 4) is 0 Å². The molecule has 0 fully saturated rings. The van der Waals surface area contributed by atoms with Crippen LogP contribution in [-0.4, -0.2) is 71.0 Å². The maximum absolute atomic E-state index is 11.1. The van der Waals surface area contributed by atoms with Crippen molar-refractivity contribution >= 4 is 72.6 Å². The average molecular weight is 414 g/mol. The van der Waals surface area contributed by atoms with Gasteiger partial charge in [0, 0.05) is 9.79 Å². The second kappa shape index (κ2) is 7.92. The summed E-state index contributed by atoms with van der Waals surface area (Å²) in [6.45, 7) is 0. The van der Waals surface area contributed by atoms with Gasteiger partial charge in [-0.3, -0.25) is 0 Å². The Kier molecular flexibility index (Phi) is 6.87. The standard InChI is InChI=1S/C14H10O4S.Ba.2H/c15-13(16)9-5-1-3-7-11(9)19-12-8-4-2-6-10(12)14(17)18;;;/h1-8H,(H,15,16)(H,17,18);;;/q;+2;2*-1. The van der Waals surface area contributed by atoms with E-state index in [0.29, 0.717) is 9.79 Å². The van der Waals surface area contributed by atoms with Gasteiger partial charge in [0.1, 0.15) is 0 Å².